The second kappa shape index (κ2) is 7.45. The van der Waals surface area contributed by atoms with Gasteiger partial charge in [0.15, 0.2) is 6.04 Å². The number of nitrogens with one attached hydrogen (secondary N) is 1. The quantitative estimate of drug-likeness (QED) is 0.762. The fourth-order valence-corrected chi connectivity index (χ4v) is 1.41. The van der Waals surface area contributed by atoms with Gasteiger partial charge in [-0.3, -0.25) is 4.79 Å². The SMILES string of the molecule is COC[C@@H](NC(C)=O)C(=O)OCc1ccccc1. The Kier molecular flexibility index (Phi) is 5.87. The van der Waals surface area contributed by atoms with E-state index in [2.05, 4.69) is 5.32 Å². The molecule has 0 aromatic heterocycles. The highest BCUT2D eigenvalue weighted by Crippen LogP contribution is 2.02. The van der Waals surface area contributed by atoms with Gasteiger partial charge in [0.2, 0.25) is 5.91 Å². The number of carbonyl (C=O) groups excluding carboxylic acids is 2. The van der Waals surface area contributed by atoms with Gasteiger partial charge in [-0.15, -0.1) is 0 Å². The molecule has 1 N–H and O–H groups in total. The molecule has 98 valence electrons. The van der Waals surface area contributed by atoms with Crippen LogP contribution in [0.4, 0.5) is 0 Å². The first-order valence-electron chi connectivity index (χ1n) is 5.60. The zero-order chi connectivity index (χ0) is 13.4. The van der Waals surface area contributed by atoms with Crippen LogP contribution in [0.3, 0.4) is 0 Å². The molecule has 0 bridgehead atoms. The van der Waals surface area contributed by atoms with Gasteiger partial charge < -0.3 is 14.8 Å². The Morgan fingerprint density at radius 1 is 1.28 bits per heavy atom. The van der Waals surface area contributed by atoms with Gasteiger partial charge in [-0.05, 0) is 5.56 Å². The van der Waals surface area contributed by atoms with Gasteiger partial charge >= 0.3 is 5.97 Å². The Balaban J connectivity index is 2.48. The first kappa shape index (κ1) is 14.2. The van der Waals surface area contributed by atoms with E-state index in [1.807, 2.05) is 30.3 Å². The van der Waals surface area contributed by atoms with Crippen molar-refractivity contribution in [2.24, 2.45) is 0 Å². The number of hydrogen-bond donors (Lipinski definition) is 1. The number of carbonyl (C=O) groups is 2. The van der Waals surface area contributed by atoms with Gasteiger partial charge in [0.25, 0.3) is 0 Å². The monoisotopic (exact) mass is 251 g/mol. The Hall–Kier alpha value is -1.88. The normalized spacial score (nSPS) is 11.7. The highest BCUT2D eigenvalue weighted by atomic mass is 16.5. The number of ether oxygens (including phenoxy) is 2. The average molecular weight is 251 g/mol. The van der Waals surface area contributed by atoms with Crippen molar-refractivity contribution in [1.29, 1.82) is 0 Å². The van der Waals surface area contributed by atoms with Crippen LogP contribution in [0.15, 0.2) is 30.3 Å². The van der Waals surface area contributed by atoms with Gasteiger partial charge in [0.05, 0.1) is 6.61 Å². The predicted molar refractivity (Wildman–Crippen MR) is 65.7 cm³/mol. The highest BCUT2D eigenvalue weighted by molar-refractivity contribution is 5.83. The number of rotatable bonds is 6. The first-order chi connectivity index (χ1) is 8.63. The lowest BCUT2D eigenvalue weighted by Gasteiger charge is -2.15. The Bertz CT molecular complexity index is 391. The van der Waals surface area contributed by atoms with Crippen molar-refractivity contribution in [2.75, 3.05) is 13.7 Å². The number of hydrogen-bond acceptors (Lipinski definition) is 4. The van der Waals surface area contributed by atoms with Gasteiger partial charge in [-0.2, -0.15) is 0 Å². The van der Waals surface area contributed by atoms with E-state index in [9.17, 15) is 9.59 Å². The summed E-state index contributed by atoms with van der Waals surface area (Å²) in [5.74, 6) is -0.801. The molecule has 0 fully saturated rings. The molecular formula is C13H17NO4. The molecule has 0 radical (unpaired) electrons. The van der Waals surface area contributed by atoms with Crippen molar-refractivity contribution in [3.05, 3.63) is 35.9 Å². The molecule has 0 aliphatic heterocycles. The van der Waals surface area contributed by atoms with E-state index in [0.717, 1.165) is 5.56 Å². The molecule has 0 unspecified atom stereocenters. The van der Waals surface area contributed by atoms with Crippen molar-refractivity contribution in [3.63, 3.8) is 0 Å². The number of benzene rings is 1. The second-order valence-corrected chi connectivity index (χ2v) is 3.80. The van der Waals surface area contributed by atoms with Crippen LogP contribution in [-0.4, -0.2) is 31.6 Å². The average Bonchev–Trinajstić information content (AvgIpc) is 2.36. The van der Waals surface area contributed by atoms with Gasteiger partial charge in [0.1, 0.15) is 6.61 Å². The summed E-state index contributed by atoms with van der Waals surface area (Å²) in [6.07, 6.45) is 0. The number of methoxy groups -OCH3 is 1. The van der Waals surface area contributed by atoms with Crippen LogP contribution in [0, 0.1) is 0 Å². The minimum absolute atomic E-state index is 0.0905. The van der Waals surface area contributed by atoms with Gasteiger partial charge in [-0.1, -0.05) is 30.3 Å². The van der Waals surface area contributed by atoms with E-state index in [1.54, 1.807) is 0 Å². The number of esters is 1. The summed E-state index contributed by atoms with van der Waals surface area (Å²) in [6, 6.07) is 8.56. The van der Waals surface area contributed by atoms with Crippen LogP contribution in [-0.2, 0) is 25.7 Å². The molecule has 0 spiro atoms. The molecule has 1 rings (SSSR count). The third kappa shape index (κ3) is 4.97. The van der Waals surface area contributed by atoms with E-state index in [1.165, 1.54) is 14.0 Å². The predicted octanol–water partition coefficient (Wildman–Crippen LogP) is 0.881. The maximum atomic E-state index is 11.7. The lowest BCUT2D eigenvalue weighted by atomic mass is 10.2. The molecule has 1 aromatic carbocycles. The van der Waals surface area contributed by atoms with Crippen LogP contribution in [0.5, 0.6) is 0 Å². The summed E-state index contributed by atoms with van der Waals surface area (Å²) in [5, 5.41) is 2.48. The van der Waals surface area contributed by atoms with Crippen molar-refractivity contribution in [3.8, 4) is 0 Å². The Morgan fingerprint density at radius 2 is 1.94 bits per heavy atom. The maximum Gasteiger partial charge on any atom is 0.331 e. The van der Waals surface area contributed by atoms with E-state index in [0.29, 0.717) is 0 Å². The van der Waals surface area contributed by atoms with Crippen LogP contribution < -0.4 is 5.32 Å². The van der Waals surface area contributed by atoms with Gasteiger partial charge in [0, 0.05) is 14.0 Å². The lowest BCUT2D eigenvalue weighted by molar-refractivity contribution is -0.150. The molecule has 0 saturated carbocycles. The molecule has 1 aromatic rings. The molecule has 0 saturated heterocycles. The van der Waals surface area contributed by atoms with Crippen LogP contribution in [0.25, 0.3) is 0 Å². The molecular weight excluding hydrogens is 234 g/mol. The Labute approximate surface area is 106 Å². The Morgan fingerprint density at radius 3 is 2.50 bits per heavy atom. The molecule has 0 aliphatic carbocycles. The molecule has 0 aliphatic rings. The summed E-state index contributed by atoms with van der Waals surface area (Å²) in [7, 11) is 1.46. The van der Waals surface area contributed by atoms with Crippen LogP contribution in [0.1, 0.15) is 12.5 Å². The first-order valence-corrected chi connectivity index (χ1v) is 5.60. The zero-order valence-corrected chi connectivity index (χ0v) is 10.5. The van der Waals surface area contributed by atoms with Crippen molar-refractivity contribution >= 4 is 11.9 Å². The summed E-state index contributed by atoms with van der Waals surface area (Å²) in [5.41, 5.74) is 0.893. The number of amides is 1. The van der Waals surface area contributed by atoms with Crippen LogP contribution in [0.2, 0.25) is 0 Å². The van der Waals surface area contributed by atoms with E-state index >= 15 is 0 Å². The van der Waals surface area contributed by atoms with Crippen molar-refractivity contribution in [2.45, 2.75) is 19.6 Å². The summed E-state index contributed by atoms with van der Waals surface area (Å²) >= 11 is 0. The summed E-state index contributed by atoms with van der Waals surface area (Å²) < 4.78 is 9.97. The minimum Gasteiger partial charge on any atom is -0.459 e. The second-order valence-electron chi connectivity index (χ2n) is 3.80. The van der Waals surface area contributed by atoms with E-state index < -0.39 is 12.0 Å². The van der Waals surface area contributed by atoms with Crippen molar-refractivity contribution < 1.29 is 19.1 Å². The molecule has 0 heterocycles. The molecule has 18 heavy (non-hydrogen) atoms. The summed E-state index contributed by atoms with van der Waals surface area (Å²) in [6.45, 7) is 1.61. The molecule has 1 atom stereocenters. The third-order valence-electron chi connectivity index (χ3n) is 2.22. The van der Waals surface area contributed by atoms with E-state index in [4.69, 9.17) is 9.47 Å². The highest BCUT2D eigenvalue weighted by Gasteiger charge is 2.20. The standard InChI is InChI=1S/C13H17NO4/c1-10(15)14-12(9-17-2)13(16)18-8-11-6-4-3-5-7-11/h3-7,12H,8-9H2,1-2H3,(H,14,15)/t12-/m1/s1. The smallest absolute Gasteiger partial charge is 0.331 e. The lowest BCUT2D eigenvalue weighted by Crippen LogP contribution is -2.43. The fourth-order valence-electron chi connectivity index (χ4n) is 1.41. The third-order valence-corrected chi connectivity index (χ3v) is 2.22. The topological polar surface area (TPSA) is 64.6 Å². The molecule has 5 nitrogen and oxygen atoms in total. The zero-order valence-electron chi connectivity index (χ0n) is 10.5. The van der Waals surface area contributed by atoms with Gasteiger partial charge in [-0.25, -0.2) is 4.79 Å². The molecule has 1 amide bonds. The maximum absolute atomic E-state index is 11.7. The van der Waals surface area contributed by atoms with Crippen LogP contribution >= 0.6 is 0 Å². The van der Waals surface area contributed by atoms with Crippen molar-refractivity contribution in [1.82, 2.24) is 5.32 Å². The minimum atomic E-state index is -0.767. The summed E-state index contributed by atoms with van der Waals surface area (Å²) in [4.78, 5) is 22.7. The molecule has 5 heteroatoms. The largest absolute Gasteiger partial charge is 0.459 e. The fraction of sp³-hybridized carbons (Fsp3) is 0.385. The van der Waals surface area contributed by atoms with E-state index in [-0.39, 0.29) is 19.1 Å².